The molecule has 1 aliphatic carbocycles. The molecule has 1 aromatic carbocycles. The number of benzene rings is 1. The standard InChI is InChI=1S/C15H14N4OS/c16-9-18-11-6-12(7-11)19-14(20)15-17-8-13(21-15)10-4-2-1-3-5-10/h1-5,8,11-12,18H,6-7H2,(H,19,20). The van der Waals surface area contributed by atoms with Gasteiger partial charge in [-0.05, 0) is 18.4 Å². The van der Waals surface area contributed by atoms with E-state index in [4.69, 9.17) is 5.26 Å². The van der Waals surface area contributed by atoms with Crippen LogP contribution in [0.2, 0.25) is 0 Å². The number of carbonyl (C=O) groups is 1. The fraction of sp³-hybridized carbons (Fsp3) is 0.267. The Morgan fingerprint density at radius 1 is 1.29 bits per heavy atom. The molecule has 0 atom stereocenters. The van der Waals surface area contributed by atoms with Crippen molar-refractivity contribution in [3.8, 4) is 16.6 Å². The lowest BCUT2D eigenvalue weighted by atomic mass is 9.87. The topological polar surface area (TPSA) is 77.8 Å². The maximum absolute atomic E-state index is 12.1. The van der Waals surface area contributed by atoms with Crippen LogP contribution >= 0.6 is 11.3 Å². The van der Waals surface area contributed by atoms with Gasteiger partial charge in [0.1, 0.15) is 0 Å². The molecule has 1 aliphatic rings. The summed E-state index contributed by atoms with van der Waals surface area (Å²) < 4.78 is 0. The van der Waals surface area contributed by atoms with E-state index >= 15 is 0 Å². The quantitative estimate of drug-likeness (QED) is 0.669. The molecule has 1 amide bonds. The second-order valence-electron chi connectivity index (χ2n) is 4.99. The molecule has 1 saturated carbocycles. The minimum atomic E-state index is -0.136. The van der Waals surface area contributed by atoms with E-state index < -0.39 is 0 Å². The summed E-state index contributed by atoms with van der Waals surface area (Å²) in [6.45, 7) is 0. The van der Waals surface area contributed by atoms with Gasteiger partial charge in [-0.25, -0.2) is 4.98 Å². The average Bonchev–Trinajstić information content (AvgIpc) is 2.96. The molecule has 3 rings (SSSR count). The van der Waals surface area contributed by atoms with E-state index in [-0.39, 0.29) is 18.0 Å². The highest BCUT2D eigenvalue weighted by Crippen LogP contribution is 2.26. The SMILES string of the molecule is N#CNC1CC(NC(=O)c2ncc(-c3ccccc3)s2)C1. The molecule has 0 bridgehead atoms. The number of thiazole rings is 1. The Hall–Kier alpha value is -2.39. The van der Waals surface area contributed by atoms with Gasteiger partial charge in [0.2, 0.25) is 0 Å². The second-order valence-corrected chi connectivity index (χ2v) is 6.02. The van der Waals surface area contributed by atoms with Crippen LogP contribution in [0.25, 0.3) is 10.4 Å². The number of nitrogens with one attached hydrogen (secondary N) is 2. The van der Waals surface area contributed by atoms with E-state index in [0.29, 0.717) is 5.01 Å². The molecule has 6 heteroatoms. The van der Waals surface area contributed by atoms with E-state index in [9.17, 15) is 4.79 Å². The van der Waals surface area contributed by atoms with Gasteiger partial charge in [-0.15, -0.1) is 11.3 Å². The molecule has 21 heavy (non-hydrogen) atoms. The summed E-state index contributed by atoms with van der Waals surface area (Å²) in [5.41, 5.74) is 1.07. The number of aromatic nitrogens is 1. The monoisotopic (exact) mass is 298 g/mol. The van der Waals surface area contributed by atoms with Crippen molar-refractivity contribution < 1.29 is 4.79 Å². The van der Waals surface area contributed by atoms with Crippen LogP contribution in [0.1, 0.15) is 22.6 Å². The van der Waals surface area contributed by atoms with Crippen molar-refractivity contribution in [3.05, 3.63) is 41.5 Å². The number of hydrogen-bond donors (Lipinski definition) is 2. The summed E-state index contributed by atoms with van der Waals surface area (Å²) in [6, 6.07) is 10.2. The number of hydrogen-bond acceptors (Lipinski definition) is 5. The minimum Gasteiger partial charge on any atom is -0.347 e. The van der Waals surface area contributed by atoms with Crippen LogP contribution in [0.3, 0.4) is 0 Å². The Morgan fingerprint density at radius 3 is 2.76 bits per heavy atom. The van der Waals surface area contributed by atoms with Crippen LogP contribution in [0.4, 0.5) is 0 Å². The highest BCUT2D eigenvalue weighted by molar-refractivity contribution is 7.16. The first-order valence-electron chi connectivity index (χ1n) is 6.73. The van der Waals surface area contributed by atoms with Crippen LogP contribution in [0, 0.1) is 11.5 Å². The summed E-state index contributed by atoms with van der Waals surface area (Å²) in [7, 11) is 0. The third kappa shape index (κ3) is 3.03. The van der Waals surface area contributed by atoms with Crippen LogP contribution in [0.5, 0.6) is 0 Å². The van der Waals surface area contributed by atoms with Crippen molar-refractivity contribution in [2.75, 3.05) is 0 Å². The zero-order chi connectivity index (χ0) is 14.7. The van der Waals surface area contributed by atoms with E-state index in [1.165, 1.54) is 11.3 Å². The smallest absolute Gasteiger partial charge is 0.280 e. The van der Waals surface area contributed by atoms with Gasteiger partial charge in [0, 0.05) is 18.3 Å². The zero-order valence-corrected chi connectivity index (χ0v) is 12.1. The van der Waals surface area contributed by atoms with Gasteiger partial charge >= 0.3 is 0 Å². The molecule has 2 aromatic rings. The Balaban J connectivity index is 1.60. The van der Waals surface area contributed by atoms with Crippen molar-refractivity contribution in [2.24, 2.45) is 0 Å². The molecule has 0 saturated heterocycles. The van der Waals surface area contributed by atoms with E-state index in [1.807, 2.05) is 36.5 Å². The third-order valence-corrected chi connectivity index (χ3v) is 4.55. The van der Waals surface area contributed by atoms with Crippen LogP contribution in [-0.2, 0) is 0 Å². The third-order valence-electron chi connectivity index (χ3n) is 3.50. The fourth-order valence-corrected chi connectivity index (χ4v) is 3.13. The minimum absolute atomic E-state index is 0.132. The van der Waals surface area contributed by atoms with Gasteiger partial charge in [0.25, 0.3) is 5.91 Å². The maximum Gasteiger partial charge on any atom is 0.280 e. The summed E-state index contributed by atoms with van der Waals surface area (Å²) in [5.74, 6) is -0.136. The molecule has 2 N–H and O–H groups in total. The van der Waals surface area contributed by atoms with E-state index in [2.05, 4.69) is 15.6 Å². The molecular formula is C15H14N4OS. The van der Waals surface area contributed by atoms with Crippen LogP contribution in [-0.4, -0.2) is 23.0 Å². The Morgan fingerprint density at radius 2 is 2.05 bits per heavy atom. The predicted molar refractivity (Wildman–Crippen MR) is 80.6 cm³/mol. The van der Waals surface area contributed by atoms with Crippen molar-refractivity contribution >= 4 is 17.2 Å². The van der Waals surface area contributed by atoms with Crippen molar-refractivity contribution in [1.29, 1.82) is 5.26 Å². The molecule has 0 radical (unpaired) electrons. The largest absolute Gasteiger partial charge is 0.347 e. The lowest BCUT2D eigenvalue weighted by molar-refractivity contribution is 0.0905. The zero-order valence-electron chi connectivity index (χ0n) is 11.2. The predicted octanol–water partition coefficient (Wildman–Crippen LogP) is 2.14. The van der Waals surface area contributed by atoms with Crippen molar-refractivity contribution in [1.82, 2.24) is 15.6 Å². The highest BCUT2D eigenvalue weighted by Gasteiger charge is 2.30. The van der Waals surface area contributed by atoms with Gasteiger partial charge in [0.15, 0.2) is 11.2 Å². The highest BCUT2D eigenvalue weighted by atomic mass is 32.1. The van der Waals surface area contributed by atoms with Gasteiger partial charge in [-0.1, -0.05) is 30.3 Å². The van der Waals surface area contributed by atoms with Crippen molar-refractivity contribution in [3.63, 3.8) is 0 Å². The molecule has 5 nitrogen and oxygen atoms in total. The first-order chi connectivity index (χ1) is 10.3. The molecular weight excluding hydrogens is 284 g/mol. The first-order valence-corrected chi connectivity index (χ1v) is 7.54. The van der Waals surface area contributed by atoms with E-state index in [1.54, 1.807) is 6.20 Å². The van der Waals surface area contributed by atoms with Gasteiger partial charge < -0.3 is 10.6 Å². The number of rotatable bonds is 4. The van der Waals surface area contributed by atoms with E-state index in [0.717, 1.165) is 23.3 Å². The summed E-state index contributed by atoms with van der Waals surface area (Å²) in [4.78, 5) is 17.3. The molecule has 1 aromatic heterocycles. The Bertz CT molecular complexity index is 670. The van der Waals surface area contributed by atoms with Crippen LogP contribution in [0.15, 0.2) is 36.5 Å². The summed E-state index contributed by atoms with van der Waals surface area (Å²) >= 11 is 1.39. The number of carbonyl (C=O) groups excluding carboxylic acids is 1. The Kier molecular flexibility index (Phi) is 3.84. The number of nitrogens with zero attached hydrogens (tertiary/aromatic N) is 2. The molecule has 1 fully saturated rings. The molecule has 106 valence electrons. The molecule has 1 heterocycles. The molecule has 0 spiro atoms. The summed E-state index contributed by atoms with van der Waals surface area (Å²) in [6.07, 6.45) is 5.23. The molecule has 0 aliphatic heterocycles. The number of amides is 1. The van der Waals surface area contributed by atoms with Crippen LogP contribution < -0.4 is 10.6 Å². The lowest BCUT2D eigenvalue weighted by Crippen LogP contribution is -2.51. The van der Waals surface area contributed by atoms with Gasteiger partial charge in [-0.2, -0.15) is 5.26 Å². The van der Waals surface area contributed by atoms with Gasteiger partial charge in [-0.3, -0.25) is 4.79 Å². The first kappa shape index (κ1) is 13.6. The normalized spacial score (nSPS) is 20.1. The summed E-state index contributed by atoms with van der Waals surface area (Å²) in [5, 5.41) is 14.6. The fourth-order valence-electron chi connectivity index (χ4n) is 2.31. The lowest BCUT2D eigenvalue weighted by Gasteiger charge is -2.34. The second kappa shape index (κ2) is 5.94. The Labute approximate surface area is 126 Å². The maximum atomic E-state index is 12.1. The van der Waals surface area contributed by atoms with Gasteiger partial charge in [0.05, 0.1) is 4.88 Å². The van der Waals surface area contributed by atoms with Crippen molar-refractivity contribution in [2.45, 2.75) is 24.9 Å². The number of nitriles is 1. The average molecular weight is 298 g/mol. The molecule has 0 unspecified atom stereocenters.